The van der Waals surface area contributed by atoms with E-state index in [2.05, 4.69) is 40.7 Å². The lowest BCUT2D eigenvalue weighted by Crippen LogP contribution is -2.45. The summed E-state index contributed by atoms with van der Waals surface area (Å²) in [6.45, 7) is 12.7. The Bertz CT molecular complexity index is 823. The Hall–Kier alpha value is -2.04. The molecule has 31 heavy (non-hydrogen) atoms. The highest BCUT2D eigenvalue weighted by atomic mass is 16.5. The lowest BCUT2D eigenvalue weighted by molar-refractivity contribution is -0.142. The molecule has 172 valence electrons. The fourth-order valence-electron chi connectivity index (χ4n) is 5.20. The van der Waals surface area contributed by atoms with Crippen LogP contribution in [0.4, 0.5) is 0 Å². The van der Waals surface area contributed by atoms with E-state index in [1.54, 1.807) is 0 Å². The standard InChI is InChI=1S/C26H38O5/c1-7-8-9-10-12-25(3,4)18-14-21(30-17(2)27)24-19-16-23(28)29-13-11-20(19)26(5,6)31-22(24)15-18/h14-15,19-20H,7-13,16H2,1-6H3/t19-,20-/m1/s1. The van der Waals surface area contributed by atoms with Gasteiger partial charge in [-0.25, -0.2) is 0 Å². The summed E-state index contributed by atoms with van der Waals surface area (Å²) in [5.41, 5.74) is 1.42. The number of fused-ring (bicyclic) bond motifs is 3. The van der Waals surface area contributed by atoms with Crippen LogP contribution in [0.2, 0.25) is 0 Å². The van der Waals surface area contributed by atoms with Gasteiger partial charge in [0.1, 0.15) is 17.1 Å². The third-order valence-electron chi connectivity index (χ3n) is 7.00. The zero-order chi connectivity index (χ0) is 22.8. The van der Waals surface area contributed by atoms with Gasteiger partial charge in [-0.1, -0.05) is 46.5 Å². The monoisotopic (exact) mass is 430 g/mol. The minimum Gasteiger partial charge on any atom is -0.487 e. The molecule has 0 aliphatic carbocycles. The second kappa shape index (κ2) is 9.22. The molecule has 0 unspecified atom stereocenters. The molecule has 0 N–H and O–H groups in total. The number of cyclic esters (lactones) is 1. The van der Waals surface area contributed by atoms with Crippen molar-refractivity contribution in [1.82, 2.24) is 0 Å². The second-order valence-electron chi connectivity index (χ2n) is 10.3. The first-order chi connectivity index (χ1) is 14.5. The van der Waals surface area contributed by atoms with Gasteiger partial charge in [-0.3, -0.25) is 9.59 Å². The first-order valence-electron chi connectivity index (χ1n) is 11.8. The maximum absolute atomic E-state index is 12.3. The predicted octanol–water partition coefficient (Wildman–Crippen LogP) is 6.07. The fourth-order valence-corrected chi connectivity index (χ4v) is 5.20. The van der Waals surface area contributed by atoms with Crippen molar-refractivity contribution in [2.75, 3.05) is 6.61 Å². The highest BCUT2D eigenvalue weighted by molar-refractivity contribution is 5.74. The van der Waals surface area contributed by atoms with E-state index in [1.807, 2.05) is 6.07 Å². The third-order valence-corrected chi connectivity index (χ3v) is 7.00. The van der Waals surface area contributed by atoms with Gasteiger partial charge >= 0.3 is 11.9 Å². The molecule has 1 aromatic rings. The molecule has 1 saturated heterocycles. The van der Waals surface area contributed by atoms with Crippen LogP contribution >= 0.6 is 0 Å². The predicted molar refractivity (Wildman–Crippen MR) is 121 cm³/mol. The van der Waals surface area contributed by atoms with Crippen molar-refractivity contribution in [1.29, 1.82) is 0 Å². The van der Waals surface area contributed by atoms with Gasteiger partial charge in [-0.2, -0.15) is 0 Å². The van der Waals surface area contributed by atoms with E-state index >= 15 is 0 Å². The molecule has 2 heterocycles. The lowest BCUT2D eigenvalue weighted by Gasteiger charge is -2.45. The average Bonchev–Trinajstić information content (AvgIpc) is 2.86. The molecule has 5 nitrogen and oxygen atoms in total. The van der Waals surface area contributed by atoms with Crippen molar-refractivity contribution in [3.05, 3.63) is 23.3 Å². The molecular formula is C26H38O5. The minimum absolute atomic E-state index is 0.0790. The Morgan fingerprint density at radius 2 is 1.97 bits per heavy atom. The number of hydrogen-bond donors (Lipinski definition) is 0. The Balaban J connectivity index is 2.06. The molecule has 1 fully saturated rings. The Kier molecular flexibility index (Phi) is 7.02. The van der Waals surface area contributed by atoms with Gasteiger partial charge in [0, 0.05) is 24.3 Å². The van der Waals surface area contributed by atoms with Gasteiger partial charge in [-0.05, 0) is 49.8 Å². The zero-order valence-electron chi connectivity index (χ0n) is 20.0. The minimum atomic E-state index is -0.441. The Labute approximate surface area is 186 Å². The third kappa shape index (κ3) is 5.24. The van der Waals surface area contributed by atoms with Crippen LogP contribution in [0.15, 0.2) is 12.1 Å². The molecule has 0 spiro atoms. The largest absolute Gasteiger partial charge is 0.487 e. The molecule has 2 atom stereocenters. The summed E-state index contributed by atoms with van der Waals surface area (Å²) in [5, 5.41) is 0. The second-order valence-corrected chi connectivity index (χ2v) is 10.3. The van der Waals surface area contributed by atoms with Gasteiger partial charge < -0.3 is 14.2 Å². The lowest BCUT2D eigenvalue weighted by atomic mass is 9.70. The summed E-state index contributed by atoms with van der Waals surface area (Å²) < 4.78 is 17.6. The number of carbonyl (C=O) groups excluding carboxylic acids is 2. The zero-order valence-corrected chi connectivity index (χ0v) is 20.0. The average molecular weight is 431 g/mol. The molecule has 0 saturated carbocycles. The molecule has 2 aliphatic heterocycles. The number of esters is 2. The van der Waals surface area contributed by atoms with E-state index in [1.165, 1.54) is 26.2 Å². The molecule has 1 aromatic carbocycles. The Morgan fingerprint density at radius 3 is 2.65 bits per heavy atom. The van der Waals surface area contributed by atoms with Gasteiger partial charge in [0.05, 0.1) is 13.0 Å². The summed E-state index contributed by atoms with van der Waals surface area (Å²) in [4.78, 5) is 24.3. The maximum atomic E-state index is 12.3. The van der Waals surface area contributed by atoms with Crippen LogP contribution in [0, 0.1) is 5.92 Å². The number of carbonyl (C=O) groups is 2. The number of hydrogen-bond acceptors (Lipinski definition) is 5. The number of benzene rings is 1. The Morgan fingerprint density at radius 1 is 1.23 bits per heavy atom. The van der Waals surface area contributed by atoms with Crippen molar-refractivity contribution < 1.29 is 23.8 Å². The van der Waals surface area contributed by atoms with Crippen molar-refractivity contribution in [3.63, 3.8) is 0 Å². The molecule has 0 amide bonds. The van der Waals surface area contributed by atoms with Crippen molar-refractivity contribution in [2.45, 2.75) is 103 Å². The number of rotatable bonds is 7. The highest BCUT2D eigenvalue weighted by Crippen LogP contribution is 2.53. The van der Waals surface area contributed by atoms with E-state index in [4.69, 9.17) is 14.2 Å². The maximum Gasteiger partial charge on any atom is 0.308 e. The number of ether oxygens (including phenoxy) is 3. The first kappa shape index (κ1) is 23.6. The van der Waals surface area contributed by atoms with E-state index < -0.39 is 5.60 Å². The quantitative estimate of drug-likeness (QED) is 0.298. The van der Waals surface area contributed by atoms with Crippen LogP contribution in [0.5, 0.6) is 11.5 Å². The molecule has 0 aromatic heterocycles. The molecule has 0 bridgehead atoms. The van der Waals surface area contributed by atoms with E-state index in [0.717, 1.165) is 36.1 Å². The van der Waals surface area contributed by atoms with Gasteiger partial charge in [0.15, 0.2) is 0 Å². The van der Waals surface area contributed by atoms with Crippen LogP contribution in [0.1, 0.15) is 104 Å². The van der Waals surface area contributed by atoms with E-state index in [-0.39, 0.29) is 35.6 Å². The van der Waals surface area contributed by atoms with Crippen LogP contribution in [-0.2, 0) is 19.7 Å². The smallest absolute Gasteiger partial charge is 0.308 e. The topological polar surface area (TPSA) is 61.8 Å². The van der Waals surface area contributed by atoms with Crippen molar-refractivity contribution in [2.24, 2.45) is 5.92 Å². The number of unbranched alkanes of at least 4 members (excludes halogenated alkanes) is 3. The summed E-state index contributed by atoms with van der Waals surface area (Å²) in [5.74, 6) is 0.708. The van der Waals surface area contributed by atoms with E-state index in [9.17, 15) is 9.59 Å². The first-order valence-corrected chi connectivity index (χ1v) is 11.8. The normalized spacial score (nSPS) is 22.5. The van der Waals surface area contributed by atoms with Crippen LogP contribution < -0.4 is 9.47 Å². The molecule has 3 rings (SSSR count). The summed E-state index contributed by atoms with van der Waals surface area (Å²) in [6, 6.07) is 4.10. The summed E-state index contributed by atoms with van der Waals surface area (Å²) >= 11 is 0. The highest BCUT2D eigenvalue weighted by Gasteiger charge is 2.47. The van der Waals surface area contributed by atoms with Crippen molar-refractivity contribution in [3.8, 4) is 11.5 Å². The summed E-state index contributed by atoms with van der Waals surface area (Å²) in [7, 11) is 0. The van der Waals surface area contributed by atoms with Crippen molar-refractivity contribution >= 4 is 11.9 Å². The van der Waals surface area contributed by atoms with E-state index in [0.29, 0.717) is 12.4 Å². The van der Waals surface area contributed by atoms with Gasteiger partial charge in [0.2, 0.25) is 0 Å². The molecule has 2 aliphatic rings. The SMILES string of the molecule is CCCCCCC(C)(C)c1cc(OC(C)=O)c2c(c1)OC(C)(C)[C@@H]1CCOC(=O)C[C@@H]21. The fraction of sp³-hybridized carbons (Fsp3) is 0.692. The van der Waals surface area contributed by atoms with Gasteiger partial charge in [-0.15, -0.1) is 0 Å². The van der Waals surface area contributed by atoms with Crippen LogP contribution in [-0.4, -0.2) is 24.1 Å². The van der Waals surface area contributed by atoms with Crippen LogP contribution in [0.25, 0.3) is 0 Å². The molecule has 5 heteroatoms. The summed E-state index contributed by atoms with van der Waals surface area (Å²) in [6.07, 6.45) is 6.89. The van der Waals surface area contributed by atoms with Gasteiger partial charge in [0.25, 0.3) is 0 Å². The molecular weight excluding hydrogens is 392 g/mol. The van der Waals surface area contributed by atoms with Crippen LogP contribution in [0.3, 0.4) is 0 Å². The molecule has 0 radical (unpaired) electrons.